The molecule has 0 radical (unpaired) electrons. The average Bonchev–Trinajstić information content (AvgIpc) is 2.16. The van der Waals surface area contributed by atoms with E-state index >= 15 is 0 Å². The van der Waals surface area contributed by atoms with Gasteiger partial charge in [0.25, 0.3) is 0 Å². The van der Waals surface area contributed by atoms with Crippen LogP contribution in [0.5, 0.6) is 0 Å². The Morgan fingerprint density at radius 1 is 1.36 bits per heavy atom. The molecule has 1 unspecified atom stereocenters. The summed E-state index contributed by atoms with van der Waals surface area (Å²) in [7, 11) is 2.78. The fraction of sp³-hybridized carbons (Fsp3) is 0.400. The lowest BCUT2D eigenvalue weighted by Crippen LogP contribution is -2.25. The first-order valence-corrected chi connectivity index (χ1v) is 8.57. The van der Waals surface area contributed by atoms with Crippen LogP contribution in [0.2, 0.25) is 6.55 Å². The van der Waals surface area contributed by atoms with Gasteiger partial charge in [-0.1, -0.05) is 12.6 Å². The molecule has 0 aliphatic rings. The zero-order valence-electron chi connectivity index (χ0n) is 8.72. The first-order valence-electron chi connectivity index (χ1n) is 4.56. The van der Waals surface area contributed by atoms with E-state index in [1.807, 2.05) is 14.1 Å². The average molecular weight is 248 g/mol. The maximum atomic E-state index is 6.19. The van der Waals surface area contributed by atoms with E-state index in [-0.39, 0.29) is 0 Å². The van der Waals surface area contributed by atoms with Gasteiger partial charge in [0.2, 0.25) is 0 Å². The van der Waals surface area contributed by atoms with Crippen LogP contribution in [0, 0.1) is 0 Å². The van der Waals surface area contributed by atoms with E-state index < -0.39 is 8.11 Å². The van der Waals surface area contributed by atoms with Crippen LogP contribution in [0.15, 0.2) is 18.2 Å². The summed E-state index contributed by atoms with van der Waals surface area (Å²) < 4.78 is 0. The summed E-state index contributed by atoms with van der Waals surface area (Å²) in [6, 6.07) is 6.32. The lowest BCUT2D eigenvalue weighted by Gasteiger charge is -2.16. The second-order valence-electron chi connectivity index (χ2n) is 3.53. The molecule has 0 aliphatic heterocycles. The second-order valence-corrected chi connectivity index (χ2v) is 7.61. The summed E-state index contributed by atoms with van der Waals surface area (Å²) in [5, 5.41) is 1.26. The molecule has 0 fully saturated rings. The molecule has 0 saturated heterocycles. The highest BCUT2D eigenvalue weighted by atomic mass is 35.6. The minimum atomic E-state index is -1.27. The van der Waals surface area contributed by atoms with E-state index in [9.17, 15) is 0 Å². The smallest absolute Gasteiger partial charge is 0.168 e. The van der Waals surface area contributed by atoms with Crippen molar-refractivity contribution in [2.24, 2.45) is 0 Å². The molecule has 1 rings (SSSR count). The van der Waals surface area contributed by atoms with Gasteiger partial charge in [-0.05, 0) is 22.9 Å². The normalized spacial score (nSPS) is 12.6. The second kappa shape index (κ2) is 5.05. The Labute approximate surface area is 96.9 Å². The van der Waals surface area contributed by atoms with Gasteiger partial charge in [-0.15, -0.1) is 11.6 Å². The lowest BCUT2D eigenvalue weighted by atomic mass is 10.2. The molecular formula is C10H15Cl2NSi. The molecule has 1 atom stereocenters. The summed E-state index contributed by atoms with van der Waals surface area (Å²) in [5.74, 6) is 0.543. The van der Waals surface area contributed by atoms with E-state index in [2.05, 4.69) is 29.6 Å². The molecule has 78 valence electrons. The maximum Gasteiger partial charge on any atom is 0.168 e. The van der Waals surface area contributed by atoms with Gasteiger partial charge in [0.1, 0.15) is 0 Å². The van der Waals surface area contributed by atoms with Crippen LogP contribution < -0.4 is 10.1 Å². The first-order chi connectivity index (χ1) is 6.56. The number of benzene rings is 1. The van der Waals surface area contributed by atoms with Gasteiger partial charge in [0, 0.05) is 25.7 Å². The van der Waals surface area contributed by atoms with Gasteiger partial charge in [-0.2, -0.15) is 11.1 Å². The standard InChI is InChI=1S/C10H15Cl2NSi/c1-13(2)9-4-5-10(14(3)12)8(6-9)7-11/h4-6,14H,7H2,1-3H3. The van der Waals surface area contributed by atoms with Crippen molar-refractivity contribution in [2.45, 2.75) is 12.4 Å². The van der Waals surface area contributed by atoms with Crippen molar-refractivity contribution in [3.05, 3.63) is 23.8 Å². The van der Waals surface area contributed by atoms with Crippen molar-refractivity contribution in [1.29, 1.82) is 0 Å². The van der Waals surface area contributed by atoms with Crippen LogP contribution in [0.3, 0.4) is 0 Å². The van der Waals surface area contributed by atoms with Gasteiger partial charge in [-0.25, -0.2) is 0 Å². The van der Waals surface area contributed by atoms with Crippen LogP contribution in [-0.4, -0.2) is 22.2 Å². The summed E-state index contributed by atoms with van der Waals surface area (Å²) in [5.41, 5.74) is 2.35. The maximum absolute atomic E-state index is 6.19. The van der Waals surface area contributed by atoms with Crippen LogP contribution in [0.1, 0.15) is 5.56 Å². The van der Waals surface area contributed by atoms with Crippen molar-refractivity contribution < 1.29 is 0 Å². The quantitative estimate of drug-likeness (QED) is 0.450. The number of halogens is 2. The topological polar surface area (TPSA) is 3.24 Å². The molecule has 0 N–H and O–H groups in total. The molecule has 0 saturated carbocycles. The Bertz CT molecular complexity index is 313. The van der Waals surface area contributed by atoms with Crippen molar-refractivity contribution in [2.75, 3.05) is 19.0 Å². The Balaban J connectivity index is 3.11. The van der Waals surface area contributed by atoms with Gasteiger partial charge in [-0.3, -0.25) is 0 Å². The van der Waals surface area contributed by atoms with Crippen molar-refractivity contribution >= 4 is 41.7 Å². The zero-order valence-corrected chi connectivity index (χ0v) is 11.4. The third-order valence-electron chi connectivity index (χ3n) is 2.22. The highest BCUT2D eigenvalue weighted by molar-refractivity contribution is 7.13. The predicted molar refractivity (Wildman–Crippen MR) is 68.8 cm³/mol. The molecule has 14 heavy (non-hydrogen) atoms. The van der Waals surface area contributed by atoms with Gasteiger partial charge in [0.15, 0.2) is 8.11 Å². The highest BCUT2D eigenvalue weighted by Gasteiger charge is 2.10. The molecular weight excluding hydrogens is 233 g/mol. The highest BCUT2D eigenvalue weighted by Crippen LogP contribution is 2.14. The third kappa shape index (κ3) is 2.66. The molecule has 0 aromatic heterocycles. The zero-order chi connectivity index (χ0) is 10.7. The molecule has 0 spiro atoms. The van der Waals surface area contributed by atoms with E-state index in [0.717, 1.165) is 0 Å². The molecule has 0 bridgehead atoms. The van der Waals surface area contributed by atoms with E-state index in [1.165, 1.54) is 16.4 Å². The third-order valence-corrected chi connectivity index (χ3v) is 4.63. The number of hydrogen-bond acceptors (Lipinski definition) is 1. The molecule has 4 heteroatoms. The summed E-state index contributed by atoms with van der Waals surface area (Å²) in [6.07, 6.45) is 0. The lowest BCUT2D eigenvalue weighted by molar-refractivity contribution is 1.13. The molecule has 1 aromatic rings. The summed E-state index contributed by atoms with van der Waals surface area (Å²) in [6.45, 7) is 2.10. The number of hydrogen-bond donors (Lipinski definition) is 0. The van der Waals surface area contributed by atoms with Crippen LogP contribution >= 0.6 is 22.7 Å². The SMILES string of the molecule is CN(C)c1ccc([SiH](C)Cl)c(CCl)c1. The fourth-order valence-electron chi connectivity index (χ4n) is 1.37. The number of alkyl halides is 1. The number of rotatable bonds is 3. The Hall–Kier alpha value is -0.183. The van der Waals surface area contributed by atoms with Gasteiger partial charge in [0.05, 0.1) is 0 Å². The molecule has 0 amide bonds. The monoisotopic (exact) mass is 247 g/mol. The number of nitrogens with zero attached hydrogens (tertiary/aromatic N) is 1. The van der Waals surface area contributed by atoms with Crippen molar-refractivity contribution in [3.8, 4) is 0 Å². The molecule has 1 aromatic carbocycles. The minimum absolute atomic E-state index is 0.543. The van der Waals surface area contributed by atoms with Crippen LogP contribution in [-0.2, 0) is 5.88 Å². The van der Waals surface area contributed by atoms with Crippen molar-refractivity contribution in [1.82, 2.24) is 0 Å². The predicted octanol–water partition coefficient (Wildman–Crippen LogP) is 2.29. The fourth-order valence-corrected chi connectivity index (χ4v) is 3.43. The Morgan fingerprint density at radius 3 is 2.43 bits per heavy atom. The van der Waals surface area contributed by atoms with E-state index in [1.54, 1.807) is 0 Å². The largest absolute Gasteiger partial charge is 0.378 e. The van der Waals surface area contributed by atoms with E-state index in [0.29, 0.717) is 5.88 Å². The summed E-state index contributed by atoms with van der Waals surface area (Å²) >= 11 is 12.1. The van der Waals surface area contributed by atoms with Crippen molar-refractivity contribution in [3.63, 3.8) is 0 Å². The Kier molecular flexibility index (Phi) is 4.29. The molecule has 0 heterocycles. The van der Waals surface area contributed by atoms with E-state index in [4.69, 9.17) is 22.7 Å². The van der Waals surface area contributed by atoms with Crippen LogP contribution in [0.25, 0.3) is 0 Å². The Morgan fingerprint density at radius 2 is 2.00 bits per heavy atom. The minimum Gasteiger partial charge on any atom is -0.378 e. The van der Waals surface area contributed by atoms with Gasteiger partial charge >= 0.3 is 0 Å². The molecule has 1 nitrogen and oxygen atoms in total. The molecule has 0 aliphatic carbocycles. The summed E-state index contributed by atoms with van der Waals surface area (Å²) in [4.78, 5) is 2.07. The first kappa shape index (κ1) is 11.9. The van der Waals surface area contributed by atoms with Crippen LogP contribution in [0.4, 0.5) is 5.69 Å². The van der Waals surface area contributed by atoms with Gasteiger partial charge < -0.3 is 4.90 Å². The number of anilines is 1.